The molecule has 0 aliphatic carbocycles. The van der Waals surface area contributed by atoms with Crippen molar-refractivity contribution in [2.45, 2.75) is 12.8 Å². The SMILES string of the molecule is O=C(O)CCc1cncc(NC(=O)c2cnc(-c3ccccc3)s2)c1. The number of benzene rings is 1. The van der Waals surface area contributed by atoms with Gasteiger partial charge < -0.3 is 10.4 Å². The van der Waals surface area contributed by atoms with Crippen molar-refractivity contribution in [1.29, 1.82) is 0 Å². The Morgan fingerprint density at radius 1 is 1.12 bits per heavy atom. The van der Waals surface area contributed by atoms with E-state index in [1.165, 1.54) is 17.5 Å². The van der Waals surface area contributed by atoms with Crippen LogP contribution in [-0.4, -0.2) is 27.0 Å². The molecule has 0 fully saturated rings. The fourth-order valence-electron chi connectivity index (χ4n) is 2.23. The number of aromatic nitrogens is 2. The molecule has 0 radical (unpaired) electrons. The number of nitrogens with one attached hydrogen (secondary N) is 1. The van der Waals surface area contributed by atoms with Crippen LogP contribution in [0.1, 0.15) is 21.7 Å². The normalized spacial score (nSPS) is 10.4. The second-order valence-corrected chi connectivity index (χ2v) is 6.36. The number of pyridine rings is 1. The maximum Gasteiger partial charge on any atom is 0.303 e. The zero-order valence-corrected chi connectivity index (χ0v) is 14.0. The molecule has 0 saturated heterocycles. The van der Waals surface area contributed by atoms with Crippen LogP contribution >= 0.6 is 11.3 Å². The highest BCUT2D eigenvalue weighted by molar-refractivity contribution is 7.17. The third-order valence-electron chi connectivity index (χ3n) is 3.43. The lowest BCUT2D eigenvalue weighted by molar-refractivity contribution is -0.136. The molecule has 7 heteroatoms. The number of anilines is 1. The van der Waals surface area contributed by atoms with E-state index in [-0.39, 0.29) is 12.3 Å². The van der Waals surface area contributed by atoms with Crippen molar-refractivity contribution in [1.82, 2.24) is 9.97 Å². The van der Waals surface area contributed by atoms with Crippen LogP contribution in [0.25, 0.3) is 10.6 Å². The number of aliphatic carboxylic acids is 1. The summed E-state index contributed by atoms with van der Waals surface area (Å²) in [6.45, 7) is 0. The fourth-order valence-corrected chi connectivity index (χ4v) is 3.05. The third-order valence-corrected chi connectivity index (χ3v) is 4.48. The topological polar surface area (TPSA) is 92.2 Å². The van der Waals surface area contributed by atoms with Gasteiger partial charge in [0, 0.05) is 18.2 Å². The van der Waals surface area contributed by atoms with Crippen molar-refractivity contribution in [3.8, 4) is 10.6 Å². The molecule has 2 aromatic heterocycles. The zero-order valence-electron chi connectivity index (χ0n) is 13.2. The van der Waals surface area contributed by atoms with Crippen LogP contribution in [0.3, 0.4) is 0 Å². The van der Waals surface area contributed by atoms with E-state index >= 15 is 0 Å². The Kier molecular flexibility index (Phi) is 5.15. The average molecular weight is 353 g/mol. The molecule has 6 nitrogen and oxygen atoms in total. The molecule has 0 aliphatic rings. The minimum Gasteiger partial charge on any atom is -0.481 e. The van der Waals surface area contributed by atoms with Crippen LogP contribution < -0.4 is 5.32 Å². The van der Waals surface area contributed by atoms with E-state index < -0.39 is 5.97 Å². The summed E-state index contributed by atoms with van der Waals surface area (Å²) in [6, 6.07) is 11.4. The molecule has 126 valence electrons. The molecule has 2 heterocycles. The van der Waals surface area contributed by atoms with Gasteiger partial charge in [0.1, 0.15) is 9.88 Å². The Morgan fingerprint density at radius 2 is 1.92 bits per heavy atom. The van der Waals surface area contributed by atoms with Crippen LogP contribution in [0.2, 0.25) is 0 Å². The number of carboxylic acids is 1. The number of aryl methyl sites for hydroxylation is 1. The molecule has 0 unspecified atom stereocenters. The van der Waals surface area contributed by atoms with E-state index in [4.69, 9.17) is 5.11 Å². The maximum absolute atomic E-state index is 12.4. The third kappa shape index (κ3) is 4.48. The lowest BCUT2D eigenvalue weighted by Gasteiger charge is -2.05. The van der Waals surface area contributed by atoms with Crippen molar-refractivity contribution in [3.63, 3.8) is 0 Å². The Balaban J connectivity index is 1.69. The van der Waals surface area contributed by atoms with Gasteiger partial charge in [0.2, 0.25) is 0 Å². The molecule has 0 aliphatic heterocycles. The highest BCUT2D eigenvalue weighted by atomic mass is 32.1. The lowest BCUT2D eigenvalue weighted by Crippen LogP contribution is -2.10. The van der Waals surface area contributed by atoms with Gasteiger partial charge in [-0.05, 0) is 18.1 Å². The maximum atomic E-state index is 12.4. The van der Waals surface area contributed by atoms with Gasteiger partial charge in [0.05, 0.1) is 18.1 Å². The number of thiazole rings is 1. The van der Waals surface area contributed by atoms with Gasteiger partial charge in [-0.2, -0.15) is 0 Å². The van der Waals surface area contributed by atoms with Gasteiger partial charge in [-0.3, -0.25) is 14.6 Å². The van der Waals surface area contributed by atoms with Crippen LogP contribution in [0.15, 0.2) is 55.0 Å². The van der Waals surface area contributed by atoms with Crippen LogP contribution in [0, 0.1) is 0 Å². The first-order chi connectivity index (χ1) is 12.1. The molecule has 3 aromatic rings. The first-order valence-corrected chi connectivity index (χ1v) is 8.42. The van der Waals surface area contributed by atoms with E-state index in [2.05, 4.69) is 15.3 Å². The van der Waals surface area contributed by atoms with Crippen molar-refractivity contribution in [3.05, 3.63) is 65.4 Å². The fraction of sp³-hybridized carbons (Fsp3) is 0.111. The number of carboxylic acid groups (broad SMARTS) is 1. The van der Waals surface area contributed by atoms with Gasteiger partial charge in [-0.25, -0.2) is 4.98 Å². The van der Waals surface area contributed by atoms with Crippen molar-refractivity contribution >= 4 is 28.9 Å². The highest BCUT2D eigenvalue weighted by Crippen LogP contribution is 2.25. The summed E-state index contributed by atoms with van der Waals surface area (Å²) >= 11 is 1.31. The lowest BCUT2D eigenvalue weighted by atomic mass is 10.1. The van der Waals surface area contributed by atoms with E-state index in [0.717, 1.165) is 16.1 Å². The Bertz CT molecular complexity index is 893. The number of hydrogen-bond acceptors (Lipinski definition) is 5. The first kappa shape index (κ1) is 16.8. The smallest absolute Gasteiger partial charge is 0.303 e. The second kappa shape index (κ2) is 7.67. The number of hydrogen-bond donors (Lipinski definition) is 2. The van der Waals surface area contributed by atoms with Crippen LogP contribution in [0.4, 0.5) is 5.69 Å². The number of rotatable bonds is 6. The summed E-state index contributed by atoms with van der Waals surface area (Å²) in [7, 11) is 0. The van der Waals surface area contributed by atoms with Gasteiger partial charge in [0.15, 0.2) is 0 Å². The molecule has 1 aromatic carbocycles. The van der Waals surface area contributed by atoms with Crippen LogP contribution in [-0.2, 0) is 11.2 Å². The predicted octanol–water partition coefficient (Wildman–Crippen LogP) is 3.47. The molecule has 0 saturated carbocycles. The molecule has 25 heavy (non-hydrogen) atoms. The molecule has 0 spiro atoms. The Morgan fingerprint density at radius 3 is 2.68 bits per heavy atom. The first-order valence-electron chi connectivity index (χ1n) is 7.60. The van der Waals surface area contributed by atoms with Gasteiger partial charge in [-0.1, -0.05) is 30.3 Å². The molecule has 0 bridgehead atoms. The summed E-state index contributed by atoms with van der Waals surface area (Å²) < 4.78 is 0. The second-order valence-electron chi connectivity index (χ2n) is 5.33. The molecule has 0 atom stereocenters. The van der Waals surface area contributed by atoms with E-state index in [9.17, 15) is 9.59 Å². The quantitative estimate of drug-likeness (QED) is 0.708. The van der Waals surface area contributed by atoms with E-state index in [1.807, 2.05) is 30.3 Å². The van der Waals surface area contributed by atoms with Crippen molar-refractivity contribution in [2.24, 2.45) is 0 Å². The minimum atomic E-state index is -0.868. The van der Waals surface area contributed by atoms with E-state index in [1.54, 1.807) is 18.5 Å². The van der Waals surface area contributed by atoms with E-state index in [0.29, 0.717) is 17.0 Å². The van der Waals surface area contributed by atoms with Crippen molar-refractivity contribution < 1.29 is 14.7 Å². The molecule has 1 amide bonds. The highest BCUT2D eigenvalue weighted by Gasteiger charge is 2.12. The minimum absolute atomic E-state index is 0.0222. The van der Waals surface area contributed by atoms with Crippen LogP contribution in [0.5, 0.6) is 0 Å². The van der Waals surface area contributed by atoms with Crippen molar-refractivity contribution in [2.75, 3.05) is 5.32 Å². The number of carbonyl (C=O) groups excluding carboxylic acids is 1. The van der Waals surface area contributed by atoms with Gasteiger partial charge >= 0.3 is 5.97 Å². The molecule has 3 rings (SSSR count). The zero-order chi connectivity index (χ0) is 17.6. The molecular formula is C18H15N3O3S. The molecular weight excluding hydrogens is 338 g/mol. The average Bonchev–Trinajstić information content (AvgIpc) is 3.11. The summed E-state index contributed by atoms with van der Waals surface area (Å²) in [5.41, 5.74) is 2.25. The number of amides is 1. The summed E-state index contributed by atoms with van der Waals surface area (Å²) in [4.78, 5) is 31.8. The largest absolute Gasteiger partial charge is 0.481 e. The standard InChI is InChI=1S/C18H15N3O3S/c22-16(23)7-6-12-8-14(10-19-9-12)21-17(24)15-11-20-18(25-15)13-4-2-1-3-5-13/h1-5,8-11H,6-7H2,(H,21,24)(H,22,23). The van der Waals surface area contributed by atoms with Gasteiger partial charge in [0.25, 0.3) is 5.91 Å². The summed E-state index contributed by atoms with van der Waals surface area (Å²) in [6.07, 6.45) is 5.06. The number of nitrogens with zero attached hydrogens (tertiary/aromatic N) is 2. The molecule has 2 N–H and O–H groups in total. The Labute approximate surface area is 148 Å². The summed E-state index contributed by atoms with van der Waals surface area (Å²) in [5, 5.41) is 12.3. The Hall–Kier alpha value is -3.06. The predicted molar refractivity (Wildman–Crippen MR) is 95.7 cm³/mol. The summed E-state index contributed by atoms with van der Waals surface area (Å²) in [5.74, 6) is -1.13. The monoisotopic (exact) mass is 353 g/mol. The van der Waals surface area contributed by atoms with Gasteiger partial charge in [-0.15, -0.1) is 11.3 Å². The number of carbonyl (C=O) groups is 2.